The molecule has 4 atom stereocenters. The number of nitrogens with two attached hydrogens (primary N) is 1. The van der Waals surface area contributed by atoms with Gasteiger partial charge in [0.1, 0.15) is 29.6 Å². The van der Waals surface area contributed by atoms with Gasteiger partial charge in [0.25, 0.3) is 0 Å². The average Bonchev–Trinajstić information content (AvgIpc) is 3.76. The maximum absolute atomic E-state index is 17.4. The molecular formula is C34H37F4N7O3. The summed E-state index contributed by atoms with van der Waals surface area (Å²) >= 11 is 0. The van der Waals surface area contributed by atoms with Crippen molar-refractivity contribution in [1.82, 2.24) is 25.2 Å². The second kappa shape index (κ2) is 11.1. The molecule has 5 saturated heterocycles. The topological polar surface area (TPSA) is 115 Å². The van der Waals surface area contributed by atoms with Crippen molar-refractivity contribution in [3.63, 3.8) is 0 Å². The molecule has 3 N–H and O–H groups in total. The van der Waals surface area contributed by atoms with Gasteiger partial charge in [0.15, 0.2) is 28.9 Å². The first-order valence-electron chi connectivity index (χ1n) is 16.9. The molecule has 0 saturated carbocycles. The summed E-state index contributed by atoms with van der Waals surface area (Å²) in [5.41, 5.74) is 5.83. The molecule has 5 fully saturated rings. The number of rotatable bonds is 7. The second-order valence-corrected chi connectivity index (χ2v) is 14.1. The Hall–Kier alpha value is -3.75. The van der Waals surface area contributed by atoms with Crippen LogP contribution >= 0.6 is 0 Å². The number of benzene rings is 1. The molecular weight excluding hydrogens is 630 g/mol. The molecule has 9 rings (SSSR count). The van der Waals surface area contributed by atoms with E-state index in [1.807, 2.05) is 0 Å². The molecule has 48 heavy (non-hydrogen) atoms. The number of pyridine rings is 1. The van der Waals surface area contributed by atoms with E-state index in [0.29, 0.717) is 49.9 Å². The number of hydrogen-bond donors (Lipinski definition) is 2. The molecule has 8 heterocycles. The number of fused-ring (bicyclic) bond motifs is 5. The quantitative estimate of drug-likeness (QED) is 0.261. The van der Waals surface area contributed by atoms with Gasteiger partial charge in [-0.3, -0.25) is 4.90 Å². The van der Waals surface area contributed by atoms with Crippen LogP contribution in [0.5, 0.6) is 6.01 Å². The molecule has 4 aromatic rings. The Morgan fingerprint density at radius 1 is 1.04 bits per heavy atom. The lowest BCUT2D eigenvalue weighted by Gasteiger charge is -2.35. The second-order valence-electron chi connectivity index (χ2n) is 14.1. The predicted molar refractivity (Wildman–Crippen MR) is 170 cm³/mol. The van der Waals surface area contributed by atoms with E-state index in [4.69, 9.17) is 29.6 Å². The first kappa shape index (κ1) is 30.3. The molecule has 2 unspecified atom stereocenters. The van der Waals surface area contributed by atoms with Crippen LogP contribution in [-0.4, -0.2) is 89.6 Å². The van der Waals surface area contributed by atoms with Crippen molar-refractivity contribution in [1.29, 1.82) is 0 Å². The van der Waals surface area contributed by atoms with Crippen LogP contribution in [0.25, 0.3) is 33.1 Å². The number of alkyl halides is 1. The van der Waals surface area contributed by atoms with Crippen LogP contribution in [0.4, 0.5) is 29.3 Å². The number of anilines is 2. The van der Waals surface area contributed by atoms with Crippen LogP contribution in [0.2, 0.25) is 0 Å². The van der Waals surface area contributed by atoms with E-state index in [0.717, 1.165) is 32.2 Å². The van der Waals surface area contributed by atoms with E-state index < -0.39 is 29.2 Å². The van der Waals surface area contributed by atoms with Crippen molar-refractivity contribution in [2.45, 2.75) is 75.2 Å². The van der Waals surface area contributed by atoms with Crippen molar-refractivity contribution in [3.8, 4) is 17.1 Å². The first-order valence-corrected chi connectivity index (χ1v) is 16.9. The summed E-state index contributed by atoms with van der Waals surface area (Å²) < 4.78 is 80.5. The maximum atomic E-state index is 17.4. The van der Waals surface area contributed by atoms with Gasteiger partial charge in [-0.2, -0.15) is 9.97 Å². The summed E-state index contributed by atoms with van der Waals surface area (Å²) in [5.74, 6) is -2.70. The number of nitrogen functional groups attached to an aromatic ring is 1. The fourth-order valence-corrected chi connectivity index (χ4v) is 8.79. The van der Waals surface area contributed by atoms with E-state index in [2.05, 4.69) is 20.1 Å². The molecule has 10 nitrogen and oxygen atoms in total. The lowest BCUT2D eigenvalue weighted by Crippen LogP contribution is -2.51. The minimum absolute atomic E-state index is 0.0511. The number of aromatic nitrogens is 3. The number of piperazine rings is 1. The third kappa shape index (κ3) is 4.58. The lowest BCUT2D eigenvalue weighted by atomic mass is 9.89. The van der Waals surface area contributed by atoms with Crippen LogP contribution in [0, 0.1) is 17.5 Å². The van der Waals surface area contributed by atoms with Crippen molar-refractivity contribution in [2.75, 3.05) is 56.6 Å². The zero-order valence-corrected chi connectivity index (χ0v) is 26.6. The average molecular weight is 668 g/mol. The number of aryl methyl sites for hydroxylation is 1. The predicted octanol–water partition coefficient (Wildman–Crippen LogP) is 5.01. The van der Waals surface area contributed by atoms with Crippen molar-refractivity contribution >= 4 is 33.7 Å². The number of nitrogens with zero attached hydrogens (tertiary/aromatic N) is 5. The molecule has 5 aliphatic rings. The standard InChI is InChI=1S/C34H37F4N7O3/c1-2-20-23-24(21(36)8-22(37)30(23)48-31(20)39)25-26(38)28-29(41-27(25)16-13-46-14-16)32(44-11-18-4-5-19(12-44)40-18)43-33(42-28)47-15-34-6-3-7-45(34)10-17(35)9-34/h8,16-19,40H,2-7,9-15,39H2,1H3/t17-,18?,19?,34+/m1/s1. The summed E-state index contributed by atoms with van der Waals surface area (Å²) in [4.78, 5) is 18.7. The molecule has 14 heteroatoms. The van der Waals surface area contributed by atoms with Crippen LogP contribution in [0.15, 0.2) is 10.5 Å². The Morgan fingerprint density at radius 3 is 2.56 bits per heavy atom. The highest BCUT2D eigenvalue weighted by Crippen LogP contribution is 2.46. The molecule has 5 aliphatic heterocycles. The molecule has 1 aromatic carbocycles. The smallest absolute Gasteiger partial charge is 0.319 e. The van der Waals surface area contributed by atoms with Crippen molar-refractivity contribution in [2.24, 2.45) is 0 Å². The summed E-state index contributed by atoms with van der Waals surface area (Å²) in [6.45, 7) is 4.89. The van der Waals surface area contributed by atoms with Crippen LogP contribution in [-0.2, 0) is 11.2 Å². The third-order valence-electron chi connectivity index (χ3n) is 11.1. The lowest BCUT2D eigenvalue weighted by molar-refractivity contribution is 0.00698. The Labute approximate surface area is 274 Å². The van der Waals surface area contributed by atoms with Gasteiger partial charge in [0, 0.05) is 72.2 Å². The molecule has 2 bridgehead atoms. The van der Waals surface area contributed by atoms with Gasteiger partial charge in [0.2, 0.25) is 0 Å². The Kier molecular flexibility index (Phi) is 7.04. The summed E-state index contributed by atoms with van der Waals surface area (Å²) in [6, 6.07) is 1.12. The highest BCUT2D eigenvalue weighted by molar-refractivity contribution is 6.02. The Morgan fingerprint density at radius 2 is 1.83 bits per heavy atom. The van der Waals surface area contributed by atoms with Crippen LogP contribution in [0.3, 0.4) is 0 Å². The minimum Gasteiger partial charge on any atom is -0.461 e. The minimum atomic E-state index is -0.969. The van der Waals surface area contributed by atoms with Crippen molar-refractivity contribution < 1.29 is 31.5 Å². The number of ether oxygens (including phenoxy) is 2. The zero-order valence-electron chi connectivity index (χ0n) is 26.6. The monoisotopic (exact) mass is 667 g/mol. The fourth-order valence-electron chi connectivity index (χ4n) is 8.79. The maximum Gasteiger partial charge on any atom is 0.319 e. The summed E-state index contributed by atoms with van der Waals surface area (Å²) in [6.07, 6.45) is 3.47. The molecule has 0 aliphatic carbocycles. The van der Waals surface area contributed by atoms with E-state index >= 15 is 13.2 Å². The van der Waals surface area contributed by atoms with Gasteiger partial charge in [-0.15, -0.1) is 0 Å². The normalized spacial score (nSPS) is 27.4. The summed E-state index contributed by atoms with van der Waals surface area (Å²) in [5, 5.41) is 3.68. The van der Waals surface area contributed by atoms with Gasteiger partial charge < -0.3 is 29.8 Å². The molecule has 254 valence electrons. The van der Waals surface area contributed by atoms with Gasteiger partial charge in [-0.05, 0) is 38.6 Å². The van der Waals surface area contributed by atoms with Gasteiger partial charge in [-0.25, -0.2) is 22.5 Å². The number of hydrogen-bond acceptors (Lipinski definition) is 10. The first-order chi connectivity index (χ1) is 23.2. The number of halogens is 4. The van der Waals surface area contributed by atoms with Crippen LogP contribution < -0.4 is 20.7 Å². The fraction of sp³-hybridized carbons (Fsp3) is 0.559. The summed E-state index contributed by atoms with van der Waals surface area (Å²) in [7, 11) is 0. The SMILES string of the molecule is CCc1c(N)oc2c(F)cc(F)c(-c3c(C4COC4)nc4c(N5CC6CCC(C5)N6)nc(OC[C@@]56CCCN5C[C@H](F)C6)nc4c3F)c12. The largest absolute Gasteiger partial charge is 0.461 e. The molecule has 3 aromatic heterocycles. The Balaban J connectivity index is 1.26. The van der Waals surface area contributed by atoms with Crippen molar-refractivity contribution in [3.05, 3.63) is 34.8 Å². The molecule has 0 radical (unpaired) electrons. The van der Waals surface area contributed by atoms with E-state index in [1.54, 1.807) is 6.92 Å². The zero-order chi connectivity index (χ0) is 32.9. The van der Waals surface area contributed by atoms with Crippen LogP contribution in [0.1, 0.15) is 56.2 Å². The van der Waals surface area contributed by atoms with E-state index in [9.17, 15) is 4.39 Å². The number of nitrogens with one attached hydrogen (secondary N) is 1. The highest BCUT2D eigenvalue weighted by Gasteiger charge is 2.49. The van der Waals surface area contributed by atoms with E-state index in [-0.39, 0.29) is 88.5 Å². The highest BCUT2D eigenvalue weighted by atomic mass is 19.1. The van der Waals surface area contributed by atoms with E-state index in [1.165, 1.54) is 0 Å². The Bertz CT molecular complexity index is 1940. The number of furan rings is 1. The van der Waals surface area contributed by atoms with Gasteiger partial charge in [-0.1, -0.05) is 6.92 Å². The molecule has 0 spiro atoms. The van der Waals surface area contributed by atoms with Gasteiger partial charge >= 0.3 is 6.01 Å². The molecule has 0 amide bonds. The van der Waals surface area contributed by atoms with Gasteiger partial charge in [0.05, 0.1) is 24.4 Å². The third-order valence-corrected chi connectivity index (χ3v) is 11.1.